The summed E-state index contributed by atoms with van der Waals surface area (Å²) in [5.74, 6) is -0.281. The second kappa shape index (κ2) is 4.29. The van der Waals surface area contributed by atoms with Crippen molar-refractivity contribution in [3.8, 4) is 10.6 Å². The first-order chi connectivity index (χ1) is 7.20. The number of aromatic nitrogens is 1. The molecule has 0 amide bonds. The van der Waals surface area contributed by atoms with Gasteiger partial charge in [-0.2, -0.15) is 0 Å². The van der Waals surface area contributed by atoms with Crippen molar-refractivity contribution in [2.24, 2.45) is 0 Å². The fourth-order valence-corrected chi connectivity index (χ4v) is 2.35. The topological polar surface area (TPSA) is 12.9 Å². The average molecular weight is 242 g/mol. The van der Waals surface area contributed by atoms with Crippen molar-refractivity contribution in [3.63, 3.8) is 0 Å². The lowest BCUT2D eigenvalue weighted by Crippen LogP contribution is -1.85. The molecular weight excluding hydrogens is 233 g/mol. The molecule has 2 rings (SSSR count). The zero-order chi connectivity index (χ0) is 10.8. The number of hydrogen-bond donors (Lipinski definition) is 0. The van der Waals surface area contributed by atoms with E-state index < -0.39 is 0 Å². The van der Waals surface area contributed by atoms with E-state index in [9.17, 15) is 4.39 Å². The number of aryl methyl sites for hydroxylation is 1. The molecule has 0 aliphatic carbocycles. The van der Waals surface area contributed by atoms with Gasteiger partial charge >= 0.3 is 0 Å². The van der Waals surface area contributed by atoms with Crippen LogP contribution >= 0.6 is 22.9 Å². The van der Waals surface area contributed by atoms with Crippen molar-refractivity contribution in [3.05, 3.63) is 40.1 Å². The summed E-state index contributed by atoms with van der Waals surface area (Å²) < 4.78 is 13.5. The summed E-state index contributed by atoms with van der Waals surface area (Å²) in [6.45, 7) is 2.02. The summed E-state index contributed by atoms with van der Waals surface area (Å²) in [7, 11) is 0. The summed E-state index contributed by atoms with van der Waals surface area (Å²) in [6.07, 6.45) is 0.860. The highest BCUT2D eigenvalue weighted by atomic mass is 35.5. The van der Waals surface area contributed by atoms with Crippen LogP contribution in [0.1, 0.15) is 12.6 Å². The Kier molecular flexibility index (Phi) is 3.03. The van der Waals surface area contributed by atoms with E-state index in [1.807, 2.05) is 12.3 Å². The third-order valence-electron chi connectivity index (χ3n) is 2.07. The van der Waals surface area contributed by atoms with Crippen molar-refractivity contribution in [2.75, 3.05) is 0 Å². The molecule has 4 heteroatoms. The van der Waals surface area contributed by atoms with Gasteiger partial charge in [0.1, 0.15) is 10.8 Å². The summed E-state index contributed by atoms with van der Waals surface area (Å²) in [4.78, 5) is 4.32. The molecule has 15 heavy (non-hydrogen) atoms. The zero-order valence-corrected chi connectivity index (χ0v) is 9.70. The highest BCUT2D eigenvalue weighted by Crippen LogP contribution is 2.28. The molecule has 0 bridgehead atoms. The molecule has 0 aliphatic heterocycles. The van der Waals surface area contributed by atoms with Gasteiger partial charge in [-0.05, 0) is 24.6 Å². The molecule has 0 atom stereocenters. The molecule has 0 N–H and O–H groups in total. The number of halogens is 2. The third kappa shape index (κ3) is 2.19. The number of rotatable bonds is 2. The van der Waals surface area contributed by atoms with Crippen LogP contribution in [0.4, 0.5) is 4.39 Å². The van der Waals surface area contributed by atoms with E-state index in [0.717, 1.165) is 12.1 Å². The van der Waals surface area contributed by atoms with Gasteiger partial charge in [0.2, 0.25) is 0 Å². The Morgan fingerprint density at radius 1 is 1.47 bits per heavy atom. The molecule has 0 fully saturated rings. The summed E-state index contributed by atoms with van der Waals surface area (Å²) in [5, 5.41) is 3.15. The molecule has 0 saturated heterocycles. The number of nitrogens with zero attached hydrogens (tertiary/aromatic N) is 1. The molecule has 0 spiro atoms. The normalized spacial score (nSPS) is 10.6. The largest absolute Gasteiger partial charge is 0.241 e. The highest BCUT2D eigenvalue weighted by molar-refractivity contribution is 7.13. The Morgan fingerprint density at radius 3 is 2.93 bits per heavy atom. The summed E-state index contributed by atoms with van der Waals surface area (Å²) >= 11 is 7.26. The van der Waals surface area contributed by atoms with Crippen LogP contribution in [0.5, 0.6) is 0 Å². The second-order valence-electron chi connectivity index (χ2n) is 3.12. The fraction of sp³-hybridized carbons (Fsp3) is 0.182. The second-order valence-corrected chi connectivity index (χ2v) is 4.42. The van der Waals surface area contributed by atoms with Crippen LogP contribution in [-0.2, 0) is 6.42 Å². The first kappa shape index (κ1) is 10.6. The Morgan fingerprint density at radius 2 is 2.27 bits per heavy atom. The maximum Gasteiger partial charge on any atom is 0.133 e. The minimum atomic E-state index is -0.281. The molecular formula is C11H9ClFNS. The maximum absolute atomic E-state index is 13.5. The predicted molar refractivity (Wildman–Crippen MR) is 61.9 cm³/mol. The van der Waals surface area contributed by atoms with Gasteiger partial charge < -0.3 is 0 Å². The van der Waals surface area contributed by atoms with Crippen LogP contribution in [0, 0.1) is 5.82 Å². The van der Waals surface area contributed by atoms with Crippen LogP contribution in [0.15, 0.2) is 23.6 Å². The molecule has 0 saturated carbocycles. The summed E-state index contributed by atoms with van der Waals surface area (Å²) in [6, 6.07) is 4.51. The number of thiazole rings is 1. The van der Waals surface area contributed by atoms with Crippen LogP contribution in [0.25, 0.3) is 10.6 Å². The maximum atomic E-state index is 13.5. The van der Waals surface area contributed by atoms with Crippen LogP contribution in [-0.4, -0.2) is 4.98 Å². The van der Waals surface area contributed by atoms with E-state index in [0.29, 0.717) is 15.6 Å². The highest BCUT2D eigenvalue weighted by Gasteiger charge is 2.09. The zero-order valence-electron chi connectivity index (χ0n) is 8.13. The molecule has 0 radical (unpaired) electrons. The lowest BCUT2D eigenvalue weighted by atomic mass is 10.2. The molecule has 2 aromatic rings. The first-order valence-corrected chi connectivity index (χ1v) is 5.86. The molecule has 0 unspecified atom stereocenters. The standard InChI is InChI=1S/C11H9ClFNS/c1-2-8-6-15-11(14-8)9-5-7(12)3-4-10(9)13/h3-6H,2H2,1H3. The Bertz CT molecular complexity index is 481. The Balaban J connectivity index is 2.48. The van der Waals surface area contributed by atoms with Crippen molar-refractivity contribution in [1.82, 2.24) is 4.98 Å². The lowest BCUT2D eigenvalue weighted by Gasteiger charge is -1.99. The third-order valence-corrected chi connectivity index (χ3v) is 3.23. The van der Waals surface area contributed by atoms with Crippen LogP contribution in [0.3, 0.4) is 0 Å². The van der Waals surface area contributed by atoms with Crippen molar-refractivity contribution >= 4 is 22.9 Å². The van der Waals surface area contributed by atoms with Gasteiger partial charge in [0.05, 0.1) is 5.69 Å². The smallest absolute Gasteiger partial charge is 0.133 e. The van der Waals surface area contributed by atoms with Crippen molar-refractivity contribution in [2.45, 2.75) is 13.3 Å². The van der Waals surface area contributed by atoms with Gasteiger partial charge in [-0.25, -0.2) is 9.37 Å². The van der Waals surface area contributed by atoms with Crippen molar-refractivity contribution in [1.29, 1.82) is 0 Å². The van der Waals surface area contributed by atoms with E-state index in [1.54, 1.807) is 6.07 Å². The number of benzene rings is 1. The van der Waals surface area contributed by atoms with Crippen LogP contribution in [0.2, 0.25) is 5.02 Å². The number of hydrogen-bond acceptors (Lipinski definition) is 2. The van der Waals surface area contributed by atoms with E-state index >= 15 is 0 Å². The Hall–Kier alpha value is -0.930. The van der Waals surface area contributed by atoms with Gasteiger partial charge in [-0.1, -0.05) is 18.5 Å². The van der Waals surface area contributed by atoms with E-state index in [-0.39, 0.29) is 5.82 Å². The molecule has 1 nitrogen and oxygen atoms in total. The quantitative estimate of drug-likeness (QED) is 0.769. The SMILES string of the molecule is CCc1csc(-c2cc(Cl)ccc2F)n1. The predicted octanol–water partition coefficient (Wildman–Crippen LogP) is 4.17. The minimum absolute atomic E-state index is 0.281. The molecule has 0 aliphatic rings. The minimum Gasteiger partial charge on any atom is -0.241 e. The summed E-state index contributed by atoms with van der Waals surface area (Å²) in [5.41, 5.74) is 1.46. The van der Waals surface area contributed by atoms with Gasteiger partial charge in [-0.3, -0.25) is 0 Å². The Labute approximate surface area is 96.5 Å². The van der Waals surface area contributed by atoms with E-state index in [4.69, 9.17) is 11.6 Å². The van der Waals surface area contributed by atoms with Gasteiger partial charge in [0.25, 0.3) is 0 Å². The molecule has 78 valence electrons. The first-order valence-electron chi connectivity index (χ1n) is 4.60. The lowest BCUT2D eigenvalue weighted by molar-refractivity contribution is 0.631. The molecule has 1 heterocycles. The van der Waals surface area contributed by atoms with Gasteiger partial charge in [-0.15, -0.1) is 11.3 Å². The fourth-order valence-electron chi connectivity index (χ4n) is 1.25. The van der Waals surface area contributed by atoms with Gasteiger partial charge in [0, 0.05) is 16.0 Å². The van der Waals surface area contributed by atoms with Crippen LogP contribution < -0.4 is 0 Å². The molecule has 1 aromatic carbocycles. The average Bonchev–Trinajstić information content (AvgIpc) is 2.70. The monoisotopic (exact) mass is 241 g/mol. The van der Waals surface area contributed by atoms with Gasteiger partial charge in [0.15, 0.2) is 0 Å². The van der Waals surface area contributed by atoms with E-state index in [2.05, 4.69) is 4.98 Å². The van der Waals surface area contributed by atoms with E-state index in [1.165, 1.54) is 23.5 Å². The molecule has 1 aromatic heterocycles. The van der Waals surface area contributed by atoms with Crippen molar-refractivity contribution < 1.29 is 4.39 Å².